The topological polar surface area (TPSA) is 46.2 Å². The Hall–Kier alpha value is -1.64. The van der Waals surface area contributed by atoms with Crippen LogP contribution >= 0.6 is 0 Å². The highest BCUT2D eigenvalue weighted by Crippen LogP contribution is 2.09. The van der Waals surface area contributed by atoms with Crippen molar-refractivity contribution < 1.29 is 9.59 Å². The van der Waals surface area contributed by atoms with E-state index in [1.807, 2.05) is 12.1 Å². The maximum atomic E-state index is 11.0. The van der Waals surface area contributed by atoms with Gasteiger partial charge in [-0.1, -0.05) is 19.1 Å². The highest BCUT2D eigenvalue weighted by Gasteiger charge is 2.06. The molecule has 0 unspecified atom stereocenters. The fourth-order valence-electron chi connectivity index (χ4n) is 1.04. The molecule has 0 aliphatic rings. The lowest BCUT2D eigenvalue weighted by Gasteiger charge is -2.03. The molecule has 0 aromatic heterocycles. The van der Waals surface area contributed by atoms with Crippen LogP contribution in [-0.4, -0.2) is 11.7 Å². The van der Waals surface area contributed by atoms with E-state index in [0.717, 1.165) is 6.42 Å². The van der Waals surface area contributed by atoms with Gasteiger partial charge in [0.1, 0.15) is 0 Å². The molecule has 1 rings (SSSR count). The molecule has 0 bridgehead atoms. The largest absolute Gasteiger partial charge is 0.319 e. The number of hydrogen-bond acceptors (Lipinski definition) is 2. The molecule has 3 nitrogen and oxygen atoms in total. The van der Waals surface area contributed by atoms with Crippen LogP contribution in [0.5, 0.6) is 0 Å². The van der Waals surface area contributed by atoms with Crippen molar-refractivity contribution in [1.82, 2.24) is 0 Å². The quantitative estimate of drug-likeness (QED) is 0.740. The Bertz CT molecular complexity index is 341. The number of carbonyl (C=O) groups excluding carboxylic acids is 2. The van der Waals surface area contributed by atoms with Gasteiger partial charge in [-0.15, -0.1) is 0 Å². The summed E-state index contributed by atoms with van der Waals surface area (Å²) in [4.78, 5) is 21.7. The molecule has 1 amide bonds. The highest BCUT2D eigenvalue weighted by molar-refractivity contribution is 6.39. The molecule has 0 atom stereocenters. The summed E-state index contributed by atoms with van der Waals surface area (Å²) < 4.78 is 0. The molecule has 0 saturated heterocycles. The predicted octanol–water partition coefficient (Wildman–Crippen LogP) is 1.78. The molecule has 0 saturated carbocycles. The molecule has 0 aliphatic carbocycles. The molecule has 0 fully saturated rings. The maximum absolute atomic E-state index is 11.0. The third-order valence-electron chi connectivity index (χ3n) is 1.94. The van der Waals surface area contributed by atoms with E-state index in [0.29, 0.717) is 5.69 Å². The number of amides is 1. The van der Waals surface area contributed by atoms with Gasteiger partial charge in [0.2, 0.25) is 5.78 Å². The van der Waals surface area contributed by atoms with Crippen molar-refractivity contribution in [2.24, 2.45) is 0 Å². The van der Waals surface area contributed by atoms with Gasteiger partial charge in [0.05, 0.1) is 0 Å². The van der Waals surface area contributed by atoms with E-state index in [1.165, 1.54) is 12.5 Å². The first kappa shape index (κ1) is 10.4. The number of nitrogens with one attached hydrogen (secondary N) is 1. The molecule has 0 radical (unpaired) electrons. The van der Waals surface area contributed by atoms with Gasteiger partial charge in [-0.3, -0.25) is 9.59 Å². The minimum Gasteiger partial charge on any atom is -0.319 e. The van der Waals surface area contributed by atoms with Gasteiger partial charge < -0.3 is 5.32 Å². The van der Waals surface area contributed by atoms with Crippen LogP contribution in [0.3, 0.4) is 0 Å². The Balaban J connectivity index is 2.69. The van der Waals surface area contributed by atoms with Crippen molar-refractivity contribution in [3.63, 3.8) is 0 Å². The first-order chi connectivity index (χ1) is 6.63. The van der Waals surface area contributed by atoms with E-state index >= 15 is 0 Å². The Morgan fingerprint density at radius 1 is 1.21 bits per heavy atom. The van der Waals surface area contributed by atoms with Gasteiger partial charge in [0.25, 0.3) is 5.91 Å². The van der Waals surface area contributed by atoms with Gasteiger partial charge in [-0.05, 0) is 24.1 Å². The number of rotatable bonds is 3. The molecule has 1 aromatic carbocycles. The van der Waals surface area contributed by atoms with Gasteiger partial charge in [0.15, 0.2) is 0 Å². The number of hydrogen-bond donors (Lipinski definition) is 1. The summed E-state index contributed by atoms with van der Waals surface area (Å²) in [6.07, 6.45) is 0.959. The Kier molecular flexibility index (Phi) is 3.40. The second-order valence-corrected chi connectivity index (χ2v) is 3.06. The molecule has 1 N–H and O–H groups in total. The van der Waals surface area contributed by atoms with Crippen LogP contribution in [-0.2, 0) is 16.0 Å². The molecule has 14 heavy (non-hydrogen) atoms. The van der Waals surface area contributed by atoms with E-state index in [1.54, 1.807) is 12.1 Å². The minimum atomic E-state index is -0.575. The number of aryl methyl sites for hydroxylation is 1. The van der Waals surface area contributed by atoms with Gasteiger partial charge in [-0.2, -0.15) is 0 Å². The fraction of sp³-hybridized carbons (Fsp3) is 0.273. The van der Waals surface area contributed by atoms with E-state index in [9.17, 15) is 9.59 Å². The van der Waals surface area contributed by atoms with E-state index in [-0.39, 0.29) is 0 Å². The van der Waals surface area contributed by atoms with Crippen LogP contribution in [0.4, 0.5) is 5.69 Å². The van der Waals surface area contributed by atoms with Gasteiger partial charge in [0, 0.05) is 12.6 Å². The fourth-order valence-corrected chi connectivity index (χ4v) is 1.04. The standard InChI is InChI=1S/C11H13NO2/c1-3-9-4-6-10(7-5-9)12-11(14)8(2)13/h4-7H,3H2,1-2H3,(H,12,14). The molecule has 0 heterocycles. The smallest absolute Gasteiger partial charge is 0.291 e. The van der Waals surface area contributed by atoms with Crippen LogP contribution in [0.2, 0.25) is 0 Å². The van der Waals surface area contributed by atoms with Crippen molar-refractivity contribution in [1.29, 1.82) is 0 Å². The third-order valence-corrected chi connectivity index (χ3v) is 1.94. The summed E-state index contributed by atoms with van der Waals surface area (Å²) in [5.74, 6) is -1.06. The Morgan fingerprint density at radius 2 is 1.79 bits per heavy atom. The third kappa shape index (κ3) is 2.69. The molecular weight excluding hydrogens is 178 g/mol. The highest BCUT2D eigenvalue weighted by atomic mass is 16.2. The molecule has 0 aliphatic heterocycles. The number of ketones is 1. The zero-order valence-corrected chi connectivity index (χ0v) is 8.33. The van der Waals surface area contributed by atoms with Crippen LogP contribution in [0, 0.1) is 0 Å². The van der Waals surface area contributed by atoms with E-state index < -0.39 is 11.7 Å². The molecule has 74 valence electrons. The summed E-state index contributed by atoms with van der Waals surface area (Å²) in [7, 11) is 0. The zero-order valence-electron chi connectivity index (χ0n) is 8.33. The summed E-state index contributed by atoms with van der Waals surface area (Å²) in [6.45, 7) is 3.30. The zero-order chi connectivity index (χ0) is 10.6. The molecule has 1 aromatic rings. The van der Waals surface area contributed by atoms with Crippen molar-refractivity contribution in [2.45, 2.75) is 20.3 Å². The van der Waals surface area contributed by atoms with Crippen molar-refractivity contribution in [3.8, 4) is 0 Å². The summed E-state index contributed by atoms with van der Waals surface area (Å²) in [5.41, 5.74) is 1.85. The van der Waals surface area contributed by atoms with Crippen LogP contribution < -0.4 is 5.32 Å². The van der Waals surface area contributed by atoms with Crippen molar-refractivity contribution in [3.05, 3.63) is 29.8 Å². The number of benzene rings is 1. The number of anilines is 1. The maximum Gasteiger partial charge on any atom is 0.291 e. The summed E-state index contributed by atoms with van der Waals surface area (Å²) >= 11 is 0. The Morgan fingerprint density at radius 3 is 2.21 bits per heavy atom. The molecule has 0 spiro atoms. The average molecular weight is 191 g/mol. The molecule has 3 heteroatoms. The minimum absolute atomic E-state index is 0.482. The van der Waals surface area contributed by atoms with Crippen LogP contribution in [0.15, 0.2) is 24.3 Å². The normalized spacial score (nSPS) is 9.57. The average Bonchev–Trinajstić information content (AvgIpc) is 2.19. The van der Waals surface area contributed by atoms with Crippen molar-refractivity contribution in [2.75, 3.05) is 5.32 Å². The van der Waals surface area contributed by atoms with Crippen molar-refractivity contribution >= 4 is 17.4 Å². The molecular formula is C11H13NO2. The van der Waals surface area contributed by atoms with Crippen LogP contribution in [0.25, 0.3) is 0 Å². The number of Topliss-reactive ketones (excluding diaryl/α,β-unsaturated/α-hetero) is 1. The monoisotopic (exact) mass is 191 g/mol. The van der Waals surface area contributed by atoms with Gasteiger partial charge in [-0.25, -0.2) is 0 Å². The first-order valence-electron chi connectivity index (χ1n) is 4.54. The SMILES string of the molecule is CCc1ccc(NC(=O)C(C)=O)cc1. The lowest BCUT2D eigenvalue weighted by Crippen LogP contribution is -2.19. The lowest BCUT2D eigenvalue weighted by molar-refractivity contribution is -0.133. The summed E-state index contributed by atoms with van der Waals surface area (Å²) in [6, 6.07) is 7.44. The lowest BCUT2D eigenvalue weighted by atomic mass is 10.1. The van der Waals surface area contributed by atoms with Gasteiger partial charge >= 0.3 is 0 Å². The Labute approximate surface area is 83.1 Å². The predicted molar refractivity (Wildman–Crippen MR) is 55.1 cm³/mol. The van der Waals surface area contributed by atoms with E-state index in [2.05, 4.69) is 12.2 Å². The summed E-state index contributed by atoms with van der Waals surface area (Å²) in [5, 5.41) is 2.50. The first-order valence-corrected chi connectivity index (χ1v) is 4.54. The second-order valence-electron chi connectivity index (χ2n) is 3.06. The number of carbonyl (C=O) groups is 2. The second kappa shape index (κ2) is 4.56. The van der Waals surface area contributed by atoms with E-state index in [4.69, 9.17) is 0 Å². The van der Waals surface area contributed by atoms with Crippen LogP contribution in [0.1, 0.15) is 19.4 Å².